The first-order valence-electron chi connectivity index (χ1n) is 6.52. The summed E-state index contributed by atoms with van der Waals surface area (Å²) in [4.78, 5) is 0. The molecule has 0 saturated heterocycles. The quantitative estimate of drug-likeness (QED) is 0.771. The third-order valence-corrected chi connectivity index (χ3v) is 3.42. The van der Waals surface area contributed by atoms with Gasteiger partial charge in [-0.3, -0.25) is 5.10 Å². The van der Waals surface area contributed by atoms with Crippen LogP contribution in [0.3, 0.4) is 0 Å². The number of aromatic amines is 1. The summed E-state index contributed by atoms with van der Waals surface area (Å²) < 4.78 is 10.9. The Morgan fingerprint density at radius 1 is 1.24 bits per heavy atom. The molecule has 0 aliphatic carbocycles. The lowest BCUT2D eigenvalue weighted by molar-refractivity contribution is 0.416. The van der Waals surface area contributed by atoms with E-state index in [9.17, 15) is 0 Å². The van der Waals surface area contributed by atoms with Crippen molar-refractivity contribution in [3.05, 3.63) is 35.7 Å². The summed E-state index contributed by atoms with van der Waals surface area (Å²) in [6.07, 6.45) is 1.70. The molecule has 0 amide bonds. The molecular weight excluding hydrogens is 268 g/mol. The van der Waals surface area contributed by atoms with Gasteiger partial charge in [0.2, 0.25) is 0 Å². The van der Waals surface area contributed by atoms with E-state index in [4.69, 9.17) is 15.0 Å². The number of aromatic nitrogens is 3. The summed E-state index contributed by atoms with van der Waals surface area (Å²) >= 11 is 0. The zero-order valence-electron chi connectivity index (χ0n) is 12.1. The van der Waals surface area contributed by atoms with Crippen LogP contribution in [0.2, 0.25) is 0 Å². The number of anilines is 1. The van der Waals surface area contributed by atoms with Crippen LogP contribution in [0.5, 0.6) is 5.75 Å². The Labute approximate surface area is 121 Å². The third kappa shape index (κ3) is 2.14. The van der Waals surface area contributed by atoms with Gasteiger partial charge < -0.3 is 15.0 Å². The van der Waals surface area contributed by atoms with Crippen molar-refractivity contribution in [1.82, 2.24) is 15.4 Å². The van der Waals surface area contributed by atoms with Crippen LogP contribution in [0.15, 0.2) is 28.9 Å². The van der Waals surface area contributed by atoms with Crippen LogP contribution in [-0.4, -0.2) is 22.5 Å². The summed E-state index contributed by atoms with van der Waals surface area (Å²) in [7, 11) is 1.63. The summed E-state index contributed by atoms with van der Waals surface area (Å²) in [5.41, 5.74) is 10.4. The normalized spacial score (nSPS) is 10.8. The number of hydrogen-bond donors (Lipinski definition) is 2. The maximum atomic E-state index is 6.01. The zero-order valence-corrected chi connectivity index (χ0v) is 12.1. The maximum absolute atomic E-state index is 6.01. The van der Waals surface area contributed by atoms with Gasteiger partial charge >= 0.3 is 0 Å². The minimum atomic E-state index is 0.328. The average Bonchev–Trinajstić information content (AvgIpc) is 3.04. The van der Waals surface area contributed by atoms with Crippen LogP contribution in [0.25, 0.3) is 22.5 Å². The third-order valence-electron chi connectivity index (χ3n) is 3.42. The minimum Gasteiger partial charge on any atom is -0.496 e. The first-order chi connectivity index (χ1) is 10.1. The molecule has 6 heteroatoms. The average molecular weight is 284 g/mol. The number of nitrogens with one attached hydrogen (secondary N) is 1. The van der Waals surface area contributed by atoms with E-state index in [0.717, 1.165) is 33.7 Å². The van der Waals surface area contributed by atoms with Crippen molar-refractivity contribution in [3.8, 4) is 28.2 Å². The van der Waals surface area contributed by atoms with Gasteiger partial charge in [0.05, 0.1) is 24.4 Å². The van der Waals surface area contributed by atoms with Crippen LogP contribution in [0, 0.1) is 13.8 Å². The van der Waals surface area contributed by atoms with E-state index in [-0.39, 0.29) is 0 Å². The predicted octanol–water partition coefficient (Wildman–Crippen LogP) is 2.94. The number of nitrogens with zero attached hydrogens (tertiary/aromatic N) is 2. The molecule has 0 aliphatic rings. The Balaban J connectivity index is 2.27. The zero-order chi connectivity index (χ0) is 15.0. The fourth-order valence-corrected chi connectivity index (χ4v) is 2.34. The molecule has 0 unspecified atom stereocenters. The highest BCUT2D eigenvalue weighted by atomic mass is 16.5. The molecule has 3 N–H and O–H groups in total. The minimum absolute atomic E-state index is 0.328. The molecule has 0 saturated carbocycles. The van der Waals surface area contributed by atoms with E-state index >= 15 is 0 Å². The van der Waals surface area contributed by atoms with Crippen molar-refractivity contribution in [3.63, 3.8) is 0 Å². The Morgan fingerprint density at radius 2 is 2.05 bits per heavy atom. The molecule has 3 rings (SSSR count). The maximum Gasteiger partial charge on any atom is 0.180 e. The fraction of sp³-hybridized carbons (Fsp3) is 0.200. The van der Waals surface area contributed by atoms with Crippen molar-refractivity contribution in [2.24, 2.45) is 0 Å². The summed E-state index contributed by atoms with van der Waals surface area (Å²) in [6.45, 7) is 3.92. The second-order valence-corrected chi connectivity index (χ2v) is 4.88. The molecule has 6 nitrogen and oxygen atoms in total. The standard InChI is InChI=1S/C15H16N4O2/c1-8-4-5-12(20-3)10(6-8)13-14(21-19-15(13)16)11-7-17-18-9(11)2/h4-7H,1-3H3,(H2,16,19)(H,17,18). The smallest absolute Gasteiger partial charge is 0.180 e. The van der Waals surface area contributed by atoms with Crippen molar-refractivity contribution in [2.45, 2.75) is 13.8 Å². The molecule has 0 fully saturated rings. The van der Waals surface area contributed by atoms with Gasteiger partial charge in [-0.2, -0.15) is 5.10 Å². The summed E-state index contributed by atoms with van der Waals surface area (Å²) in [6, 6.07) is 5.89. The number of H-pyrrole nitrogens is 1. The van der Waals surface area contributed by atoms with Gasteiger partial charge in [0, 0.05) is 11.3 Å². The first kappa shape index (κ1) is 13.2. The van der Waals surface area contributed by atoms with E-state index in [2.05, 4.69) is 15.4 Å². The molecule has 2 heterocycles. The van der Waals surface area contributed by atoms with Gasteiger partial charge in [0.25, 0.3) is 0 Å². The van der Waals surface area contributed by atoms with Crippen LogP contribution in [-0.2, 0) is 0 Å². The van der Waals surface area contributed by atoms with Gasteiger partial charge in [0.1, 0.15) is 5.75 Å². The molecular formula is C15H16N4O2. The number of aryl methyl sites for hydroxylation is 2. The molecule has 0 bridgehead atoms. The van der Waals surface area contributed by atoms with Crippen molar-refractivity contribution < 1.29 is 9.26 Å². The number of rotatable bonds is 3. The lowest BCUT2D eigenvalue weighted by atomic mass is 9.99. The number of nitrogen functional groups attached to an aromatic ring is 1. The summed E-state index contributed by atoms with van der Waals surface area (Å²) in [5, 5.41) is 10.8. The Kier molecular flexibility index (Phi) is 3.13. The van der Waals surface area contributed by atoms with Gasteiger partial charge in [0.15, 0.2) is 11.6 Å². The molecule has 0 aliphatic heterocycles. The Morgan fingerprint density at radius 3 is 2.71 bits per heavy atom. The van der Waals surface area contributed by atoms with Crippen LogP contribution >= 0.6 is 0 Å². The highest BCUT2D eigenvalue weighted by molar-refractivity contribution is 5.89. The first-order valence-corrected chi connectivity index (χ1v) is 6.52. The number of ether oxygens (including phenoxy) is 1. The lowest BCUT2D eigenvalue weighted by Crippen LogP contribution is -1.93. The van der Waals surface area contributed by atoms with Gasteiger partial charge in [-0.05, 0) is 26.0 Å². The fourth-order valence-electron chi connectivity index (χ4n) is 2.34. The topological polar surface area (TPSA) is 90.0 Å². The van der Waals surface area contributed by atoms with E-state index < -0.39 is 0 Å². The van der Waals surface area contributed by atoms with Crippen molar-refractivity contribution >= 4 is 5.82 Å². The SMILES string of the molecule is COc1ccc(C)cc1-c1c(N)noc1-c1cn[nH]c1C. The molecule has 3 aromatic rings. The largest absolute Gasteiger partial charge is 0.496 e. The highest BCUT2D eigenvalue weighted by Gasteiger charge is 2.22. The Hall–Kier alpha value is -2.76. The summed E-state index contributed by atoms with van der Waals surface area (Å²) in [5.74, 6) is 1.63. The van der Waals surface area contributed by atoms with E-state index in [1.165, 1.54) is 0 Å². The monoisotopic (exact) mass is 284 g/mol. The van der Waals surface area contributed by atoms with Crippen LogP contribution in [0.4, 0.5) is 5.82 Å². The number of methoxy groups -OCH3 is 1. The number of hydrogen-bond acceptors (Lipinski definition) is 5. The second kappa shape index (κ2) is 4.97. The van der Waals surface area contributed by atoms with E-state index in [1.807, 2.05) is 32.0 Å². The van der Waals surface area contributed by atoms with Crippen LogP contribution in [0.1, 0.15) is 11.3 Å². The van der Waals surface area contributed by atoms with E-state index in [0.29, 0.717) is 11.6 Å². The number of nitrogens with two attached hydrogens (primary N) is 1. The number of benzene rings is 1. The van der Waals surface area contributed by atoms with Gasteiger partial charge in [-0.15, -0.1) is 0 Å². The lowest BCUT2D eigenvalue weighted by Gasteiger charge is -2.09. The molecule has 108 valence electrons. The van der Waals surface area contributed by atoms with Gasteiger partial charge in [-0.25, -0.2) is 0 Å². The molecule has 1 aromatic carbocycles. The van der Waals surface area contributed by atoms with E-state index in [1.54, 1.807) is 13.3 Å². The molecule has 0 atom stereocenters. The Bertz CT molecular complexity index is 789. The van der Waals surface area contributed by atoms with Crippen molar-refractivity contribution in [2.75, 3.05) is 12.8 Å². The predicted molar refractivity (Wildman–Crippen MR) is 80.0 cm³/mol. The molecule has 0 spiro atoms. The van der Waals surface area contributed by atoms with Crippen molar-refractivity contribution in [1.29, 1.82) is 0 Å². The highest BCUT2D eigenvalue weighted by Crippen LogP contribution is 2.41. The van der Waals surface area contributed by atoms with Crippen LogP contribution < -0.4 is 10.5 Å². The molecule has 2 aromatic heterocycles. The molecule has 0 radical (unpaired) electrons. The second-order valence-electron chi connectivity index (χ2n) is 4.88. The van der Waals surface area contributed by atoms with Gasteiger partial charge in [-0.1, -0.05) is 16.8 Å². The molecule has 21 heavy (non-hydrogen) atoms.